The molecule has 0 aromatic rings. The maximum absolute atomic E-state index is 12.4. The number of rotatable bonds is 0. The molecule has 6 atom stereocenters. The summed E-state index contributed by atoms with van der Waals surface area (Å²) in [6.07, 6.45) is 6.69. The zero-order valence-electron chi connectivity index (χ0n) is 14.2. The average Bonchev–Trinajstić information content (AvgIpc) is 2.83. The van der Waals surface area contributed by atoms with Crippen LogP contribution >= 0.6 is 0 Å². The summed E-state index contributed by atoms with van der Waals surface area (Å²) < 4.78 is 0. The number of Topliss-reactive ketones (excluding diaryl/α,β-unsaturated/α-hetero) is 2. The van der Waals surface area contributed by atoms with Gasteiger partial charge in [0.05, 0.1) is 5.71 Å². The Morgan fingerprint density at radius 3 is 2.57 bits per heavy atom. The lowest BCUT2D eigenvalue weighted by Gasteiger charge is -2.59. The van der Waals surface area contributed by atoms with E-state index >= 15 is 0 Å². The minimum atomic E-state index is -0.157. The third-order valence-corrected chi connectivity index (χ3v) is 8.14. The first-order valence-corrected chi connectivity index (χ1v) is 9.16. The van der Waals surface area contributed by atoms with E-state index in [1.165, 1.54) is 0 Å². The van der Waals surface area contributed by atoms with Gasteiger partial charge in [0.25, 0.3) is 0 Å². The summed E-state index contributed by atoms with van der Waals surface area (Å²) in [4.78, 5) is 24.4. The van der Waals surface area contributed by atoms with Crippen LogP contribution in [-0.2, 0) is 9.59 Å². The standard InChI is InChI=1S/C19H27NO3/c1-18-7-5-11(21)9-15(18)16(20-23)10-12-13-3-4-17(22)19(13,2)8-6-14(12)18/h12-15,23H,3-10H2,1-2H3/t12-,13-,14-,15?,18+,19-/m0/s1. The molecule has 4 saturated carbocycles. The summed E-state index contributed by atoms with van der Waals surface area (Å²) in [5, 5.41) is 13.2. The van der Waals surface area contributed by atoms with Crippen molar-refractivity contribution in [2.45, 2.75) is 65.2 Å². The molecule has 4 nitrogen and oxygen atoms in total. The Labute approximate surface area is 137 Å². The second kappa shape index (κ2) is 4.90. The molecule has 23 heavy (non-hydrogen) atoms. The van der Waals surface area contributed by atoms with Crippen LogP contribution in [0.3, 0.4) is 0 Å². The number of ketones is 2. The van der Waals surface area contributed by atoms with Crippen molar-refractivity contribution in [1.82, 2.24) is 0 Å². The van der Waals surface area contributed by atoms with Crippen molar-refractivity contribution >= 4 is 17.3 Å². The molecule has 0 aliphatic heterocycles. The first kappa shape index (κ1) is 15.3. The van der Waals surface area contributed by atoms with Gasteiger partial charge in [0.2, 0.25) is 0 Å². The fourth-order valence-corrected chi connectivity index (χ4v) is 6.74. The molecular formula is C19H27NO3. The fraction of sp³-hybridized carbons (Fsp3) is 0.842. The maximum Gasteiger partial charge on any atom is 0.139 e. The Balaban J connectivity index is 1.73. The lowest BCUT2D eigenvalue weighted by Crippen LogP contribution is -2.56. The molecule has 0 amide bonds. The van der Waals surface area contributed by atoms with E-state index in [4.69, 9.17) is 0 Å². The minimum absolute atomic E-state index is 0.0609. The molecule has 0 heterocycles. The maximum atomic E-state index is 12.4. The Morgan fingerprint density at radius 2 is 1.83 bits per heavy atom. The smallest absolute Gasteiger partial charge is 0.139 e. The van der Waals surface area contributed by atoms with Crippen molar-refractivity contribution in [3.8, 4) is 0 Å². The van der Waals surface area contributed by atoms with Gasteiger partial charge in [-0.2, -0.15) is 0 Å². The monoisotopic (exact) mass is 317 g/mol. The van der Waals surface area contributed by atoms with Crippen molar-refractivity contribution in [1.29, 1.82) is 0 Å². The molecular weight excluding hydrogens is 290 g/mol. The molecule has 0 bridgehead atoms. The van der Waals surface area contributed by atoms with E-state index in [0.717, 1.165) is 37.8 Å². The Kier molecular flexibility index (Phi) is 3.27. The number of carbonyl (C=O) groups excluding carboxylic acids is 2. The van der Waals surface area contributed by atoms with E-state index in [0.29, 0.717) is 48.6 Å². The molecule has 4 fully saturated rings. The van der Waals surface area contributed by atoms with Crippen LogP contribution in [0.2, 0.25) is 0 Å². The van der Waals surface area contributed by atoms with Crippen molar-refractivity contribution in [3.63, 3.8) is 0 Å². The SMILES string of the molecule is C[C@]12CCC(=O)CC1C(=NO)C[C@@H]1[C@@H]2CC[C@]2(C)C(=O)CC[C@@H]12. The van der Waals surface area contributed by atoms with Gasteiger partial charge in [-0.1, -0.05) is 19.0 Å². The molecule has 126 valence electrons. The number of nitrogens with zero attached hydrogens (tertiary/aromatic N) is 1. The predicted octanol–water partition coefficient (Wildman–Crippen LogP) is 3.61. The van der Waals surface area contributed by atoms with Gasteiger partial charge in [0.15, 0.2) is 0 Å². The quantitative estimate of drug-likeness (QED) is 0.548. The van der Waals surface area contributed by atoms with Crippen LogP contribution in [0.25, 0.3) is 0 Å². The van der Waals surface area contributed by atoms with E-state index in [9.17, 15) is 14.8 Å². The van der Waals surface area contributed by atoms with E-state index in [1.54, 1.807) is 0 Å². The van der Waals surface area contributed by atoms with Crippen LogP contribution in [0, 0.1) is 34.5 Å². The Hall–Kier alpha value is -1.19. The zero-order valence-corrected chi connectivity index (χ0v) is 14.2. The molecule has 0 aromatic heterocycles. The number of oxime groups is 1. The third kappa shape index (κ3) is 1.93. The van der Waals surface area contributed by atoms with Crippen LogP contribution < -0.4 is 0 Å². The molecule has 1 unspecified atom stereocenters. The molecule has 0 saturated heterocycles. The molecule has 4 aliphatic carbocycles. The van der Waals surface area contributed by atoms with Crippen molar-refractivity contribution in [3.05, 3.63) is 0 Å². The van der Waals surface area contributed by atoms with E-state index < -0.39 is 0 Å². The van der Waals surface area contributed by atoms with Gasteiger partial charge in [-0.25, -0.2) is 0 Å². The van der Waals surface area contributed by atoms with Crippen LogP contribution in [0.15, 0.2) is 5.16 Å². The lowest BCUT2D eigenvalue weighted by atomic mass is 9.45. The number of carbonyl (C=O) groups is 2. The molecule has 0 aromatic carbocycles. The van der Waals surface area contributed by atoms with Gasteiger partial charge in [0.1, 0.15) is 11.6 Å². The molecule has 4 rings (SSSR count). The number of hydrogen-bond acceptors (Lipinski definition) is 4. The van der Waals surface area contributed by atoms with Gasteiger partial charge < -0.3 is 5.21 Å². The van der Waals surface area contributed by atoms with E-state index in [-0.39, 0.29) is 16.7 Å². The Morgan fingerprint density at radius 1 is 1.04 bits per heavy atom. The fourth-order valence-electron chi connectivity index (χ4n) is 6.74. The largest absolute Gasteiger partial charge is 0.411 e. The van der Waals surface area contributed by atoms with Gasteiger partial charge in [-0.3, -0.25) is 9.59 Å². The molecule has 4 heteroatoms. The first-order chi connectivity index (χ1) is 10.9. The second-order valence-corrected chi connectivity index (χ2v) is 8.89. The summed E-state index contributed by atoms with van der Waals surface area (Å²) >= 11 is 0. The van der Waals surface area contributed by atoms with Crippen LogP contribution in [0.4, 0.5) is 0 Å². The topological polar surface area (TPSA) is 66.7 Å². The normalized spacial score (nSPS) is 51.3. The highest BCUT2D eigenvalue weighted by molar-refractivity contribution is 5.94. The minimum Gasteiger partial charge on any atom is -0.411 e. The summed E-state index contributed by atoms with van der Waals surface area (Å²) in [6, 6.07) is 0. The highest BCUT2D eigenvalue weighted by atomic mass is 16.4. The van der Waals surface area contributed by atoms with Crippen molar-refractivity contribution in [2.24, 2.45) is 39.7 Å². The average molecular weight is 317 g/mol. The van der Waals surface area contributed by atoms with Gasteiger partial charge >= 0.3 is 0 Å². The second-order valence-electron chi connectivity index (χ2n) is 8.89. The van der Waals surface area contributed by atoms with Crippen molar-refractivity contribution in [2.75, 3.05) is 0 Å². The lowest BCUT2D eigenvalue weighted by molar-refractivity contribution is -0.136. The van der Waals surface area contributed by atoms with E-state index in [1.807, 2.05) is 0 Å². The number of hydrogen-bond donors (Lipinski definition) is 1. The molecule has 1 N–H and O–H groups in total. The van der Waals surface area contributed by atoms with Gasteiger partial charge in [-0.15, -0.1) is 0 Å². The van der Waals surface area contributed by atoms with Crippen LogP contribution in [0.5, 0.6) is 0 Å². The van der Waals surface area contributed by atoms with E-state index in [2.05, 4.69) is 19.0 Å². The Bertz CT molecular complexity index is 597. The molecule has 4 aliphatic rings. The zero-order chi connectivity index (χ0) is 16.4. The highest BCUT2D eigenvalue weighted by Gasteiger charge is 2.61. The summed E-state index contributed by atoms with van der Waals surface area (Å²) in [5.74, 6) is 2.30. The van der Waals surface area contributed by atoms with Crippen molar-refractivity contribution < 1.29 is 14.8 Å². The summed E-state index contributed by atoms with van der Waals surface area (Å²) in [7, 11) is 0. The first-order valence-electron chi connectivity index (χ1n) is 9.16. The third-order valence-electron chi connectivity index (χ3n) is 8.14. The number of fused-ring (bicyclic) bond motifs is 5. The molecule has 0 spiro atoms. The summed E-state index contributed by atoms with van der Waals surface area (Å²) in [6.45, 7) is 4.48. The predicted molar refractivity (Wildman–Crippen MR) is 86.3 cm³/mol. The van der Waals surface area contributed by atoms with Gasteiger partial charge in [0, 0.05) is 30.6 Å². The molecule has 0 radical (unpaired) electrons. The van der Waals surface area contributed by atoms with Crippen LogP contribution in [0.1, 0.15) is 65.2 Å². The summed E-state index contributed by atoms with van der Waals surface area (Å²) in [5.41, 5.74) is 0.728. The highest BCUT2D eigenvalue weighted by Crippen LogP contribution is 2.64. The van der Waals surface area contributed by atoms with Crippen LogP contribution in [-0.4, -0.2) is 22.5 Å². The van der Waals surface area contributed by atoms with Gasteiger partial charge in [-0.05, 0) is 55.3 Å².